The molecule has 2 aromatic carbocycles. The summed E-state index contributed by atoms with van der Waals surface area (Å²) in [4.78, 5) is 2.23. The molecule has 0 saturated heterocycles. The van der Waals surface area contributed by atoms with Crippen molar-refractivity contribution in [1.29, 1.82) is 0 Å². The van der Waals surface area contributed by atoms with E-state index in [2.05, 4.69) is 52.2 Å². The number of methoxy groups -OCH3 is 2. The first-order valence-corrected chi connectivity index (χ1v) is 10.0. The van der Waals surface area contributed by atoms with Gasteiger partial charge in [-0.2, -0.15) is 0 Å². The first-order chi connectivity index (χ1) is 14.1. The summed E-state index contributed by atoms with van der Waals surface area (Å²) in [6.45, 7) is 3.75. The van der Waals surface area contributed by atoms with Crippen LogP contribution in [-0.2, 0) is 6.54 Å². The predicted molar refractivity (Wildman–Crippen MR) is 120 cm³/mol. The highest BCUT2D eigenvalue weighted by Gasteiger charge is 2.33. The quantitative estimate of drug-likeness (QED) is 0.639. The molecule has 1 aliphatic rings. The van der Waals surface area contributed by atoms with Crippen molar-refractivity contribution in [2.75, 3.05) is 26.1 Å². The van der Waals surface area contributed by atoms with Crippen LogP contribution in [0.15, 0.2) is 60.8 Å². The number of aryl methyl sites for hydroxylation is 1. The fourth-order valence-electron chi connectivity index (χ4n) is 3.90. The average molecular weight is 408 g/mol. The SMILES string of the molecule is COc1ccc(OC)c([C@H]2c3cccn3CCN2C(=S)Nc2cccc(C)c2)c1. The van der Waals surface area contributed by atoms with Crippen molar-refractivity contribution < 1.29 is 9.47 Å². The van der Waals surface area contributed by atoms with Crippen LogP contribution in [0.1, 0.15) is 22.9 Å². The minimum Gasteiger partial charge on any atom is -0.497 e. The number of nitrogens with one attached hydrogen (secondary N) is 1. The third kappa shape index (κ3) is 3.80. The Kier molecular flexibility index (Phi) is 5.45. The molecule has 0 spiro atoms. The number of hydrogen-bond donors (Lipinski definition) is 1. The number of fused-ring (bicyclic) bond motifs is 1. The zero-order valence-corrected chi connectivity index (χ0v) is 17.7. The second-order valence-electron chi connectivity index (χ2n) is 7.13. The number of anilines is 1. The van der Waals surface area contributed by atoms with Gasteiger partial charge in [-0.25, -0.2) is 0 Å². The van der Waals surface area contributed by atoms with E-state index in [9.17, 15) is 0 Å². The summed E-state index contributed by atoms with van der Waals surface area (Å²) in [5.41, 5.74) is 4.39. The fourth-order valence-corrected chi connectivity index (χ4v) is 4.22. The van der Waals surface area contributed by atoms with Gasteiger partial charge in [0.2, 0.25) is 0 Å². The number of hydrogen-bond acceptors (Lipinski definition) is 3. The average Bonchev–Trinajstić information content (AvgIpc) is 3.21. The van der Waals surface area contributed by atoms with Gasteiger partial charge in [0, 0.05) is 36.2 Å². The molecule has 6 heteroatoms. The molecular weight excluding hydrogens is 382 g/mol. The molecule has 150 valence electrons. The molecule has 0 fully saturated rings. The minimum absolute atomic E-state index is 0.0754. The molecule has 0 saturated carbocycles. The van der Waals surface area contributed by atoms with Gasteiger partial charge in [-0.1, -0.05) is 12.1 Å². The van der Waals surface area contributed by atoms with Crippen LogP contribution in [0.4, 0.5) is 5.69 Å². The molecule has 1 aromatic heterocycles. The topological polar surface area (TPSA) is 38.7 Å². The fraction of sp³-hybridized carbons (Fsp3) is 0.261. The van der Waals surface area contributed by atoms with Gasteiger partial charge < -0.3 is 24.3 Å². The van der Waals surface area contributed by atoms with Gasteiger partial charge in [-0.3, -0.25) is 0 Å². The molecule has 1 aliphatic heterocycles. The maximum Gasteiger partial charge on any atom is 0.174 e. The highest BCUT2D eigenvalue weighted by atomic mass is 32.1. The van der Waals surface area contributed by atoms with Crippen LogP contribution >= 0.6 is 12.2 Å². The van der Waals surface area contributed by atoms with Crippen molar-refractivity contribution in [3.05, 3.63) is 77.6 Å². The molecule has 5 nitrogen and oxygen atoms in total. The number of aromatic nitrogens is 1. The molecule has 0 aliphatic carbocycles. The van der Waals surface area contributed by atoms with E-state index >= 15 is 0 Å². The van der Waals surface area contributed by atoms with Gasteiger partial charge in [0.05, 0.1) is 14.2 Å². The van der Waals surface area contributed by atoms with Crippen LogP contribution in [0.5, 0.6) is 11.5 Å². The summed E-state index contributed by atoms with van der Waals surface area (Å²) in [6, 6.07) is 18.3. The summed E-state index contributed by atoms with van der Waals surface area (Å²) in [6.07, 6.45) is 2.11. The van der Waals surface area contributed by atoms with Crippen molar-refractivity contribution in [3.63, 3.8) is 0 Å². The van der Waals surface area contributed by atoms with E-state index in [-0.39, 0.29) is 6.04 Å². The lowest BCUT2D eigenvalue weighted by Crippen LogP contribution is -2.44. The monoisotopic (exact) mass is 407 g/mol. The van der Waals surface area contributed by atoms with Gasteiger partial charge in [0.25, 0.3) is 0 Å². The van der Waals surface area contributed by atoms with Crippen molar-refractivity contribution in [3.8, 4) is 11.5 Å². The first-order valence-electron chi connectivity index (χ1n) is 9.62. The maximum atomic E-state index is 5.85. The lowest BCUT2D eigenvalue weighted by Gasteiger charge is -2.39. The van der Waals surface area contributed by atoms with E-state index in [4.69, 9.17) is 21.7 Å². The number of rotatable bonds is 4. The zero-order chi connectivity index (χ0) is 20.4. The summed E-state index contributed by atoms with van der Waals surface area (Å²) in [5.74, 6) is 1.61. The number of ether oxygens (including phenoxy) is 2. The van der Waals surface area contributed by atoms with Gasteiger partial charge in [-0.15, -0.1) is 0 Å². The molecule has 1 atom stereocenters. The third-order valence-electron chi connectivity index (χ3n) is 5.30. The lowest BCUT2D eigenvalue weighted by atomic mass is 9.99. The third-order valence-corrected chi connectivity index (χ3v) is 5.64. The van der Waals surface area contributed by atoms with Crippen LogP contribution in [0.25, 0.3) is 0 Å². The van der Waals surface area contributed by atoms with Gasteiger partial charge >= 0.3 is 0 Å². The largest absolute Gasteiger partial charge is 0.497 e. The van der Waals surface area contributed by atoms with Crippen LogP contribution in [0, 0.1) is 6.92 Å². The molecule has 0 amide bonds. The highest BCUT2D eigenvalue weighted by Crippen LogP contribution is 2.39. The summed E-state index contributed by atoms with van der Waals surface area (Å²) in [7, 11) is 3.37. The van der Waals surface area contributed by atoms with E-state index in [1.54, 1.807) is 14.2 Å². The van der Waals surface area contributed by atoms with Crippen LogP contribution in [-0.4, -0.2) is 35.3 Å². The molecule has 2 heterocycles. The Morgan fingerprint density at radius 3 is 2.66 bits per heavy atom. The van der Waals surface area contributed by atoms with Crippen LogP contribution < -0.4 is 14.8 Å². The van der Waals surface area contributed by atoms with Crippen LogP contribution in [0.3, 0.4) is 0 Å². The standard InChI is InChI=1S/C23H25N3O2S/c1-16-6-4-7-17(14-16)24-23(29)26-13-12-25-11-5-8-20(25)22(26)19-15-18(27-2)9-10-21(19)28-3/h4-11,14-15,22H,12-13H2,1-3H3,(H,24,29)/t22-/m0/s1. The molecule has 3 aromatic rings. The second-order valence-corrected chi connectivity index (χ2v) is 7.52. The molecule has 0 unspecified atom stereocenters. The van der Waals surface area contributed by atoms with Crippen molar-refractivity contribution in [1.82, 2.24) is 9.47 Å². The maximum absolute atomic E-state index is 5.85. The van der Waals surface area contributed by atoms with E-state index in [0.717, 1.165) is 35.8 Å². The van der Waals surface area contributed by atoms with Gasteiger partial charge in [0.1, 0.15) is 17.5 Å². The van der Waals surface area contributed by atoms with Gasteiger partial charge in [-0.05, 0) is 67.2 Å². The zero-order valence-electron chi connectivity index (χ0n) is 16.9. The Hall–Kier alpha value is -2.99. The molecule has 0 radical (unpaired) electrons. The second kappa shape index (κ2) is 8.17. The van der Waals surface area contributed by atoms with Crippen molar-refractivity contribution >= 4 is 23.0 Å². The Morgan fingerprint density at radius 1 is 1.03 bits per heavy atom. The normalized spacial score (nSPS) is 15.6. The van der Waals surface area contributed by atoms with E-state index < -0.39 is 0 Å². The van der Waals surface area contributed by atoms with E-state index in [1.165, 1.54) is 11.3 Å². The number of nitrogens with zero attached hydrogens (tertiary/aromatic N) is 2. The molecule has 1 N–H and O–H groups in total. The number of benzene rings is 2. The molecule has 29 heavy (non-hydrogen) atoms. The van der Waals surface area contributed by atoms with Crippen LogP contribution in [0.2, 0.25) is 0 Å². The van der Waals surface area contributed by atoms with E-state index in [0.29, 0.717) is 5.11 Å². The Balaban J connectivity index is 1.75. The minimum atomic E-state index is -0.0754. The van der Waals surface area contributed by atoms with Crippen molar-refractivity contribution in [2.45, 2.75) is 19.5 Å². The van der Waals surface area contributed by atoms with Gasteiger partial charge in [0.15, 0.2) is 5.11 Å². The summed E-state index contributed by atoms with van der Waals surface area (Å²) < 4.78 is 13.5. The Bertz CT molecular complexity index is 1030. The summed E-state index contributed by atoms with van der Waals surface area (Å²) in [5, 5.41) is 4.11. The number of thiocarbonyl (C=S) groups is 1. The summed E-state index contributed by atoms with van der Waals surface area (Å²) >= 11 is 5.85. The molecular formula is C23H25N3O2S. The first kappa shape index (κ1) is 19.3. The molecule has 0 bridgehead atoms. The van der Waals surface area contributed by atoms with Crippen molar-refractivity contribution in [2.24, 2.45) is 0 Å². The lowest BCUT2D eigenvalue weighted by molar-refractivity contribution is 0.284. The smallest absolute Gasteiger partial charge is 0.174 e. The highest BCUT2D eigenvalue weighted by molar-refractivity contribution is 7.80. The molecule has 4 rings (SSSR count). The predicted octanol–water partition coefficient (Wildman–Crippen LogP) is 4.62. The van der Waals surface area contributed by atoms with E-state index in [1.807, 2.05) is 30.3 Å². The Labute approximate surface area is 176 Å². The Morgan fingerprint density at radius 2 is 1.90 bits per heavy atom.